The van der Waals surface area contributed by atoms with Crippen LogP contribution in [-0.4, -0.2) is 27.6 Å². The van der Waals surface area contributed by atoms with Crippen molar-refractivity contribution in [1.82, 2.24) is 10.3 Å². The van der Waals surface area contributed by atoms with E-state index in [0.29, 0.717) is 0 Å². The number of hydrogen-bond donors (Lipinski definition) is 3. The molecule has 1 heterocycles. The van der Waals surface area contributed by atoms with Crippen LogP contribution in [0.1, 0.15) is 44.1 Å². The number of nitrogens with one attached hydrogen (secondary N) is 2. The Balaban J connectivity index is 2.81. The number of urea groups is 1. The van der Waals surface area contributed by atoms with Crippen LogP contribution in [0.2, 0.25) is 0 Å². The van der Waals surface area contributed by atoms with Gasteiger partial charge in [0.1, 0.15) is 0 Å². The molecule has 19 heavy (non-hydrogen) atoms. The van der Waals surface area contributed by atoms with E-state index in [1.807, 2.05) is 20.8 Å². The molecule has 0 radical (unpaired) electrons. The van der Waals surface area contributed by atoms with Gasteiger partial charge in [0.2, 0.25) is 0 Å². The van der Waals surface area contributed by atoms with Gasteiger partial charge in [-0.15, -0.1) is 0 Å². The molecule has 0 atom stereocenters. The van der Waals surface area contributed by atoms with Crippen LogP contribution >= 0.6 is 0 Å². The van der Waals surface area contributed by atoms with Crippen LogP contribution in [0.5, 0.6) is 0 Å². The molecule has 0 saturated carbocycles. The highest BCUT2D eigenvalue weighted by Crippen LogP contribution is 2.15. The molecule has 0 aliphatic carbocycles. The van der Waals surface area contributed by atoms with Crippen molar-refractivity contribution in [3.8, 4) is 0 Å². The fourth-order valence-corrected chi connectivity index (χ4v) is 1.53. The number of amides is 2. The average molecular weight is 265 g/mol. The topological polar surface area (TPSA) is 91.3 Å². The van der Waals surface area contributed by atoms with Crippen molar-refractivity contribution < 1.29 is 14.7 Å². The highest BCUT2D eigenvalue weighted by atomic mass is 16.4. The molecule has 1 rings (SSSR count). The molecular weight excluding hydrogens is 246 g/mol. The minimum absolute atomic E-state index is 0.174. The van der Waals surface area contributed by atoms with E-state index in [1.54, 1.807) is 6.07 Å². The van der Waals surface area contributed by atoms with Gasteiger partial charge >= 0.3 is 12.0 Å². The zero-order valence-corrected chi connectivity index (χ0v) is 11.4. The Hall–Kier alpha value is -2.11. The summed E-state index contributed by atoms with van der Waals surface area (Å²) >= 11 is 0. The number of carboxylic acid groups (broad SMARTS) is 1. The molecule has 0 fully saturated rings. The highest BCUT2D eigenvalue weighted by Gasteiger charge is 2.22. The van der Waals surface area contributed by atoms with E-state index < -0.39 is 12.0 Å². The standard InChI is InChI=1S/C13H19N3O3/c1-4-13(3,5-2)16-12(19)15-9-7-6-8-14-10(9)11(17)18/h6-8H,4-5H2,1-3H3,(H,17,18)(H2,15,16,19). The summed E-state index contributed by atoms with van der Waals surface area (Å²) in [5, 5.41) is 14.3. The van der Waals surface area contributed by atoms with Crippen molar-refractivity contribution >= 4 is 17.7 Å². The van der Waals surface area contributed by atoms with Crippen LogP contribution < -0.4 is 10.6 Å². The number of anilines is 1. The lowest BCUT2D eigenvalue weighted by Gasteiger charge is -2.28. The first-order valence-electron chi connectivity index (χ1n) is 6.19. The minimum atomic E-state index is -1.18. The number of aromatic nitrogens is 1. The summed E-state index contributed by atoms with van der Waals surface area (Å²) in [5.74, 6) is -1.18. The normalized spacial score (nSPS) is 10.9. The molecule has 3 N–H and O–H groups in total. The predicted molar refractivity (Wildman–Crippen MR) is 72.3 cm³/mol. The van der Waals surface area contributed by atoms with Gasteiger partial charge < -0.3 is 15.7 Å². The largest absolute Gasteiger partial charge is 0.476 e. The molecule has 0 aliphatic heterocycles. The molecule has 1 aromatic heterocycles. The fourth-order valence-electron chi connectivity index (χ4n) is 1.53. The van der Waals surface area contributed by atoms with Crippen molar-refractivity contribution in [2.45, 2.75) is 39.2 Å². The quantitative estimate of drug-likeness (QED) is 0.762. The van der Waals surface area contributed by atoms with E-state index in [2.05, 4.69) is 15.6 Å². The van der Waals surface area contributed by atoms with E-state index in [9.17, 15) is 9.59 Å². The van der Waals surface area contributed by atoms with Gasteiger partial charge in [-0.05, 0) is 31.9 Å². The van der Waals surface area contributed by atoms with Gasteiger partial charge in [0.25, 0.3) is 0 Å². The maximum atomic E-state index is 11.9. The summed E-state index contributed by atoms with van der Waals surface area (Å²) in [4.78, 5) is 26.6. The van der Waals surface area contributed by atoms with Crippen LogP contribution in [0.25, 0.3) is 0 Å². The van der Waals surface area contributed by atoms with Gasteiger partial charge in [0.05, 0.1) is 5.69 Å². The number of carboxylic acids is 1. The van der Waals surface area contributed by atoms with Gasteiger partial charge in [-0.1, -0.05) is 13.8 Å². The van der Waals surface area contributed by atoms with E-state index in [0.717, 1.165) is 12.8 Å². The molecule has 0 aliphatic rings. The summed E-state index contributed by atoms with van der Waals surface area (Å²) in [6.07, 6.45) is 2.94. The average Bonchev–Trinajstić information content (AvgIpc) is 2.38. The highest BCUT2D eigenvalue weighted by molar-refractivity contribution is 5.98. The van der Waals surface area contributed by atoms with Crippen LogP contribution in [-0.2, 0) is 0 Å². The Labute approximate surface area is 112 Å². The molecule has 0 bridgehead atoms. The third kappa shape index (κ3) is 3.94. The van der Waals surface area contributed by atoms with Gasteiger partial charge in [-0.3, -0.25) is 0 Å². The number of rotatable bonds is 5. The van der Waals surface area contributed by atoms with Gasteiger partial charge in [0.15, 0.2) is 5.69 Å². The number of pyridine rings is 1. The lowest BCUT2D eigenvalue weighted by Crippen LogP contribution is -2.47. The lowest BCUT2D eigenvalue weighted by molar-refractivity contribution is 0.0692. The van der Waals surface area contributed by atoms with Crippen molar-refractivity contribution in [1.29, 1.82) is 0 Å². The number of hydrogen-bond acceptors (Lipinski definition) is 3. The first-order valence-corrected chi connectivity index (χ1v) is 6.19. The van der Waals surface area contributed by atoms with Crippen LogP contribution in [0.15, 0.2) is 18.3 Å². The number of aromatic carboxylic acids is 1. The van der Waals surface area contributed by atoms with Gasteiger partial charge in [-0.25, -0.2) is 14.6 Å². The Morgan fingerprint density at radius 2 is 2.00 bits per heavy atom. The third-order valence-electron chi connectivity index (χ3n) is 3.23. The maximum Gasteiger partial charge on any atom is 0.356 e. The van der Waals surface area contributed by atoms with Crippen molar-refractivity contribution in [3.63, 3.8) is 0 Å². The number of carbonyl (C=O) groups excluding carboxylic acids is 1. The Morgan fingerprint density at radius 1 is 1.37 bits per heavy atom. The zero-order valence-electron chi connectivity index (χ0n) is 11.4. The summed E-state index contributed by atoms with van der Waals surface area (Å²) in [7, 11) is 0. The smallest absolute Gasteiger partial charge is 0.356 e. The summed E-state index contributed by atoms with van der Waals surface area (Å²) in [6, 6.07) is 2.65. The lowest BCUT2D eigenvalue weighted by atomic mass is 9.96. The van der Waals surface area contributed by atoms with Crippen LogP contribution in [0.4, 0.5) is 10.5 Å². The molecule has 104 valence electrons. The molecule has 0 aromatic carbocycles. The second-order valence-electron chi connectivity index (χ2n) is 4.55. The molecular formula is C13H19N3O3. The second-order valence-corrected chi connectivity index (χ2v) is 4.55. The summed E-state index contributed by atoms with van der Waals surface area (Å²) < 4.78 is 0. The molecule has 0 unspecified atom stereocenters. The van der Waals surface area contributed by atoms with E-state index in [-0.39, 0.29) is 16.9 Å². The zero-order chi connectivity index (χ0) is 14.5. The summed E-state index contributed by atoms with van der Waals surface area (Å²) in [6.45, 7) is 5.90. The monoisotopic (exact) mass is 265 g/mol. The Morgan fingerprint density at radius 3 is 2.53 bits per heavy atom. The summed E-state index contributed by atoms with van der Waals surface area (Å²) in [5.41, 5.74) is -0.301. The van der Waals surface area contributed by atoms with E-state index in [1.165, 1.54) is 12.3 Å². The van der Waals surface area contributed by atoms with E-state index >= 15 is 0 Å². The molecule has 6 nitrogen and oxygen atoms in total. The first-order chi connectivity index (χ1) is 8.91. The predicted octanol–water partition coefficient (Wildman–Crippen LogP) is 2.48. The minimum Gasteiger partial charge on any atom is -0.476 e. The van der Waals surface area contributed by atoms with Crippen molar-refractivity contribution in [2.24, 2.45) is 0 Å². The SMILES string of the molecule is CCC(C)(CC)NC(=O)Nc1cccnc1C(=O)O. The molecule has 1 aromatic rings. The number of carbonyl (C=O) groups is 2. The van der Waals surface area contributed by atoms with Crippen molar-refractivity contribution in [3.05, 3.63) is 24.0 Å². The van der Waals surface area contributed by atoms with Gasteiger partial charge in [0, 0.05) is 11.7 Å². The Bertz CT molecular complexity index is 470. The molecule has 0 spiro atoms. The number of nitrogens with zero attached hydrogens (tertiary/aromatic N) is 1. The molecule has 0 saturated heterocycles. The third-order valence-corrected chi connectivity index (χ3v) is 3.23. The fraction of sp³-hybridized carbons (Fsp3) is 0.462. The molecule has 2 amide bonds. The van der Waals surface area contributed by atoms with Crippen LogP contribution in [0.3, 0.4) is 0 Å². The molecule has 6 heteroatoms. The first kappa shape index (κ1) is 14.9. The van der Waals surface area contributed by atoms with Crippen molar-refractivity contribution in [2.75, 3.05) is 5.32 Å². The maximum absolute atomic E-state index is 11.9. The van der Waals surface area contributed by atoms with Gasteiger partial charge in [-0.2, -0.15) is 0 Å². The Kier molecular flexibility index (Phi) is 4.86. The van der Waals surface area contributed by atoms with E-state index in [4.69, 9.17) is 5.11 Å². The second kappa shape index (κ2) is 6.17. The van der Waals surface area contributed by atoms with Crippen LogP contribution in [0, 0.1) is 0 Å².